The highest BCUT2D eigenvalue weighted by atomic mass is 19.1. The third-order valence-corrected chi connectivity index (χ3v) is 2.62. The summed E-state index contributed by atoms with van der Waals surface area (Å²) in [6.45, 7) is 0. The van der Waals surface area contributed by atoms with Gasteiger partial charge in [0.25, 0.3) is 0 Å². The summed E-state index contributed by atoms with van der Waals surface area (Å²) < 4.78 is 18.3. The number of imidazole rings is 1. The first-order chi connectivity index (χ1) is 9.08. The van der Waals surface area contributed by atoms with Crippen molar-refractivity contribution in [3.63, 3.8) is 0 Å². The molecule has 0 spiro atoms. The van der Waals surface area contributed by atoms with E-state index in [9.17, 15) is 9.18 Å². The summed E-state index contributed by atoms with van der Waals surface area (Å²) in [6.07, 6.45) is 1.70. The molecular weight excluding hydrogens is 251 g/mol. The van der Waals surface area contributed by atoms with E-state index >= 15 is 0 Å². The molecule has 0 atom stereocenters. The van der Waals surface area contributed by atoms with Crippen LogP contribution < -0.4 is 4.74 Å². The summed E-state index contributed by atoms with van der Waals surface area (Å²) in [6, 6.07) is 4.24. The van der Waals surface area contributed by atoms with Crippen LogP contribution in [0.1, 0.15) is 17.1 Å². The van der Waals surface area contributed by atoms with Crippen molar-refractivity contribution in [3.8, 4) is 5.75 Å². The monoisotopic (exact) mass is 264 g/mol. The lowest BCUT2D eigenvalue weighted by molar-refractivity contribution is -0.136. The summed E-state index contributed by atoms with van der Waals surface area (Å²) in [4.78, 5) is 17.5. The SMILES string of the molecule is COc1ccc(F)cc1Cc1ncc(CC(=O)O)[nH]1. The maximum absolute atomic E-state index is 13.2. The van der Waals surface area contributed by atoms with Crippen LogP contribution in [0.5, 0.6) is 5.75 Å². The lowest BCUT2D eigenvalue weighted by Gasteiger charge is -2.06. The number of aromatic amines is 1. The van der Waals surface area contributed by atoms with Gasteiger partial charge < -0.3 is 14.8 Å². The van der Waals surface area contributed by atoms with Gasteiger partial charge in [-0.05, 0) is 18.2 Å². The smallest absolute Gasteiger partial charge is 0.309 e. The standard InChI is InChI=1S/C13H13FN2O3/c1-19-11-3-2-9(14)4-8(11)5-12-15-7-10(16-12)6-13(17)18/h2-4,7H,5-6H2,1H3,(H,15,16)(H,17,18). The minimum atomic E-state index is -0.932. The Labute approximate surface area is 109 Å². The van der Waals surface area contributed by atoms with E-state index in [1.54, 1.807) is 6.07 Å². The minimum Gasteiger partial charge on any atom is -0.496 e. The number of carboxylic acid groups (broad SMARTS) is 1. The van der Waals surface area contributed by atoms with E-state index in [4.69, 9.17) is 9.84 Å². The number of ether oxygens (including phenoxy) is 1. The van der Waals surface area contributed by atoms with Gasteiger partial charge in [0.1, 0.15) is 17.4 Å². The van der Waals surface area contributed by atoms with E-state index in [-0.39, 0.29) is 12.2 Å². The van der Waals surface area contributed by atoms with Crippen molar-refractivity contribution in [3.05, 3.63) is 47.3 Å². The maximum atomic E-state index is 13.2. The van der Waals surface area contributed by atoms with Crippen molar-refractivity contribution in [2.45, 2.75) is 12.8 Å². The number of nitrogens with one attached hydrogen (secondary N) is 1. The van der Waals surface area contributed by atoms with E-state index in [1.165, 1.54) is 25.4 Å². The number of aliphatic carboxylic acids is 1. The van der Waals surface area contributed by atoms with Gasteiger partial charge >= 0.3 is 5.97 Å². The zero-order valence-electron chi connectivity index (χ0n) is 10.3. The van der Waals surface area contributed by atoms with Crippen LogP contribution in [0.2, 0.25) is 0 Å². The molecule has 1 heterocycles. The first kappa shape index (κ1) is 13.1. The quantitative estimate of drug-likeness (QED) is 0.863. The molecule has 2 rings (SSSR count). The number of carbonyl (C=O) groups is 1. The Morgan fingerprint density at radius 1 is 1.53 bits per heavy atom. The lowest BCUT2D eigenvalue weighted by Crippen LogP contribution is -2.01. The number of methoxy groups -OCH3 is 1. The molecule has 0 bridgehead atoms. The predicted molar refractivity (Wildman–Crippen MR) is 65.7 cm³/mol. The van der Waals surface area contributed by atoms with Gasteiger partial charge in [0.05, 0.1) is 13.5 Å². The van der Waals surface area contributed by atoms with Gasteiger partial charge in [-0.15, -0.1) is 0 Å². The van der Waals surface area contributed by atoms with E-state index in [2.05, 4.69) is 9.97 Å². The van der Waals surface area contributed by atoms with E-state index < -0.39 is 5.97 Å². The predicted octanol–water partition coefficient (Wildman–Crippen LogP) is 1.78. The molecule has 1 aromatic carbocycles. The van der Waals surface area contributed by atoms with Crippen LogP contribution in [0.3, 0.4) is 0 Å². The molecule has 19 heavy (non-hydrogen) atoms. The van der Waals surface area contributed by atoms with E-state index in [0.29, 0.717) is 29.3 Å². The normalized spacial score (nSPS) is 10.4. The summed E-state index contributed by atoms with van der Waals surface area (Å²) in [7, 11) is 1.51. The average Bonchev–Trinajstić information content (AvgIpc) is 2.76. The van der Waals surface area contributed by atoms with Crippen LogP contribution in [-0.4, -0.2) is 28.2 Å². The van der Waals surface area contributed by atoms with E-state index in [1.807, 2.05) is 0 Å². The largest absolute Gasteiger partial charge is 0.496 e. The average molecular weight is 264 g/mol. The van der Waals surface area contributed by atoms with Gasteiger partial charge in [-0.2, -0.15) is 0 Å². The lowest BCUT2D eigenvalue weighted by atomic mass is 10.1. The Hall–Kier alpha value is -2.37. The van der Waals surface area contributed by atoms with Gasteiger partial charge in [0, 0.05) is 23.9 Å². The topological polar surface area (TPSA) is 75.2 Å². The molecule has 2 N–H and O–H groups in total. The number of rotatable bonds is 5. The second-order valence-electron chi connectivity index (χ2n) is 4.06. The van der Waals surface area contributed by atoms with Gasteiger partial charge in [0.2, 0.25) is 0 Å². The fraction of sp³-hybridized carbons (Fsp3) is 0.231. The molecule has 0 unspecified atom stereocenters. The van der Waals surface area contributed by atoms with Gasteiger partial charge in [-0.25, -0.2) is 9.37 Å². The number of hydrogen-bond donors (Lipinski definition) is 2. The molecule has 0 amide bonds. The number of hydrogen-bond acceptors (Lipinski definition) is 3. The molecule has 2 aromatic rings. The van der Waals surface area contributed by atoms with Crippen LogP contribution in [0.4, 0.5) is 4.39 Å². The van der Waals surface area contributed by atoms with Crippen molar-refractivity contribution >= 4 is 5.97 Å². The molecule has 1 aromatic heterocycles. The minimum absolute atomic E-state index is 0.118. The van der Waals surface area contributed by atoms with Gasteiger partial charge in [0.15, 0.2) is 0 Å². The van der Waals surface area contributed by atoms with Gasteiger partial charge in [-0.3, -0.25) is 4.79 Å². The summed E-state index contributed by atoms with van der Waals surface area (Å²) in [5, 5.41) is 8.67. The Bertz CT molecular complexity index is 595. The summed E-state index contributed by atoms with van der Waals surface area (Å²) in [5.74, 6) is -0.149. The molecule has 0 saturated heterocycles. The summed E-state index contributed by atoms with van der Waals surface area (Å²) in [5.41, 5.74) is 1.16. The zero-order chi connectivity index (χ0) is 13.8. The van der Waals surface area contributed by atoms with Crippen molar-refractivity contribution < 1.29 is 19.0 Å². The van der Waals surface area contributed by atoms with Crippen molar-refractivity contribution in [2.75, 3.05) is 7.11 Å². The van der Waals surface area contributed by atoms with E-state index in [0.717, 1.165) is 0 Å². The Balaban J connectivity index is 2.18. The first-order valence-corrected chi connectivity index (χ1v) is 5.65. The van der Waals surface area contributed by atoms with Crippen LogP contribution in [0.15, 0.2) is 24.4 Å². The molecule has 0 aliphatic carbocycles. The Morgan fingerprint density at radius 2 is 2.32 bits per heavy atom. The molecule has 0 saturated carbocycles. The number of carboxylic acids is 1. The molecule has 0 fully saturated rings. The number of benzene rings is 1. The second kappa shape index (κ2) is 5.51. The maximum Gasteiger partial charge on any atom is 0.309 e. The fourth-order valence-electron chi connectivity index (χ4n) is 1.81. The van der Waals surface area contributed by atoms with Crippen LogP contribution in [0.25, 0.3) is 0 Å². The summed E-state index contributed by atoms with van der Waals surface area (Å²) >= 11 is 0. The van der Waals surface area contributed by atoms with Crippen molar-refractivity contribution in [2.24, 2.45) is 0 Å². The third-order valence-electron chi connectivity index (χ3n) is 2.62. The number of nitrogens with zero attached hydrogens (tertiary/aromatic N) is 1. The molecule has 6 heteroatoms. The highest BCUT2D eigenvalue weighted by Gasteiger charge is 2.09. The zero-order valence-corrected chi connectivity index (χ0v) is 10.3. The van der Waals surface area contributed by atoms with Crippen LogP contribution >= 0.6 is 0 Å². The van der Waals surface area contributed by atoms with Crippen molar-refractivity contribution in [1.82, 2.24) is 9.97 Å². The first-order valence-electron chi connectivity index (χ1n) is 5.65. The second-order valence-corrected chi connectivity index (χ2v) is 4.06. The molecule has 0 aliphatic rings. The number of halogens is 1. The molecular formula is C13H13FN2O3. The Morgan fingerprint density at radius 3 is 3.00 bits per heavy atom. The van der Waals surface area contributed by atoms with Gasteiger partial charge in [-0.1, -0.05) is 0 Å². The fourth-order valence-corrected chi connectivity index (χ4v) is 1.81. The van der Waals surface area contributed by atoms with Crippen molar-refractivity contribution in [1.29, 1.82) is 0 Å². The molecule has 0 aliphatic heterocycles. The highest BCUT2D eigenvalue weighted by Crippen LogP contribution is 2.21. The number of H-pyrrole nitrogens is 1. The molecule has 100 valence electrons. The third kappa shape index (κ3) is 3.31. The Kier molecular flexibility index (Phi) is 3.79. The highest BCUT2D eigenvalue weighted by molar-refractivity contribution is 5.69. The number of aromatic nitrogens is 2. The van der Waals surface area contributed by atoms with Crippen LogP contribution in [0, 0.1) is 5.82 Å². The molecule has 5 nitrogen and oxygen atoms in total. The van der Waals surface area contributed by atoms with Crippen LogP contribution in [-0.2, 0) is 17.6 Å². The molecule has 0 radical (unpaired) electrons.